The van der Waals surface area contributed by atoms with Gasteiger partial charge in [-0.15, -0.1) is 0 Å². The summed E-state index contributed by atoms with van der Waals surface area (Å²) < 4.78 is 1.93. The van der Waals surface area contributed by atoms with Gasteiger partial charge in [0.1, 0.15) is 11.5 Å². The first-order valence-electron chi connectivity index (χ1n) is 13.5. The number of piperidine rings is 3. The molecule has 0 radical (unpaired) electrons. The third-order valence-electron chi connectivity index (χ3n) is 8.16. The van der Waals surface area contributed by atoms with E-state index in [1.807, 2.05) is 33.7 Å². The van der Waals surface area contributed by atoms with E-state index in [4.69, 9.17) is 4.98 Å². The Morgan fingerprint density at radius 1 is 0.889 bits per heavy atom. The molecule has 0 aliphatic carbocycles. The third-order valence-corrected chi connectivity index (χ3v) is 8.16. The van der Waals surface area contributed by atoms with Crippen molar-refractivity contribution in [2.45, 2.75) is 63.6 Å². The van der Waals surface area contributed by atoms with Crippen LogP contribution < -0.4 is 10.6 Å². The lowest BCUT2D eigenvalue weighted by atomic mass is 10.00. The number of hydrogen-bond donors (Lipinski definition) is 1. The van der Waals surface area contributed by atoms with Gasteiger partial charge in [0, 0.05) is 38.8 Å². The first-order valence-corrected chi connectivity index (χ1v) is 13.5. The Morgan fingerprint density at radius 2 is 1.67 bits per heavy atom. The number of imidazole rings is 1. The Morgan fingerprint density at radius 3 is 2.50 bits per heavy atom. The quantitative estimate of drug-likeness (QED) is 0.604. The lowest BCUT2D eigenvalue weighted by molar-refractivity contribution is 0.000820. The molecule has 1 aromatic carbocycles. The molecular formula is C27H35N7O2. The second-order valence-electron chi connectivity index (χ2n) is 10.4. The van der Waals surface area contributed by atoms with Crippen molar-refractivity contribution in [1.82, 2.24) is 29.3 Å². The van der Waals surface area contributed by atoms with Crippen LogP contribution in [0.25, 0.3) is 11.0 Å². The lowest BCUT2D eigenvalue weighted by Gasteiger charge is -2.45. The first-order chi connectivity index (χ1) is 17.7. The number of para-hydroxylation sites is 2. The maximum atomic E-state index is 13.7. The van der Waals surface area contributed by atoms with Gasteiger partial charge in [-0.3, -0.25) is 19.2 Å². The molecule has 3 aliphatic rings. The molecule has 0 saturated carbocycles. The highest BCUT2D eigenvalue weighted by Gasteiger charge is 2.35. The van der Waals surface area contributed by atoms with E-state index in [2.05, 4.69) is 19.8 Å². The Kier molecular flexibility index (Phi) is 6.48. The highest BCUT2D eigenvalue weighted by atomic mass is 16.2. The highest BCUT2D eigenvalue weighted by molar-refractivity contribution is 5.92. The number of nitrogens with zero attached hydrogens (tertiary/aromatic N) is 6. The van der Waals surface area contributed by atoms with Crippen LogP contribution in [0.3, 0.4) is 0 Å². The summed E-state index contributed by atoms with van der Waals surface area (Å²) in [5, 5.41) is 0. The number of fused-ring (bicyclic) bond motifs is 1. The molecule has 3 aliphatic heterocycles. The van der Waals surface area contributed by atoms with E-state index in [1.165, 1.54) is 6.42 Å². The van der Waals surface area contributed by atoms with Gasteiger partial charge in [0.2, 0.25) is 0 Å². The normalized spacial score (nSPS) is 22.3. The third kappa shape index (κ3) is 4.40. The van der Waals surface area contributed by atoms with Crippen molar-refractivity contribution in [2.75, 3.05) is 37.6 Å². The maximum Gasteiger partial charge on any atom is 0.326 e. The molecule has 3 aromatic rings. The molecule has 1 atom stereocenters. The van der Waals surface area contributed by atoms with E-state index in [1.54, 1.807) is 12.4 Å². The fourth-order valence-corrected chi connectivity index (χ4v) is 6.29. The fourth-order valence-electron chi connectivity index (χ4n) is 6.29. The number of aromatic amines is 1. The van der Waals surface area contributed by atoms with Gasteiger partial charge in [0.15, 0.2) is 0 Å². The number of rotatable bonds is 4. The molecule has 6 rings (SSSR count). The van der Waals surface area contributed by atoms with Crippen molar-refractivity contribution < 1.29 is 4.79 Å². The van der Waals surface area contributed by atoms with Crippen LogP contribution in [0, 0.1) is 0 Å². The molecule has 0 bridgehead atoms. The SMILES string of the molecule is O=C(c1cncc(N2CCCCC2)n1)N1CCCCC1N1CCC(n2c(=O)[nH]c3ccccc32)CC1. The lowest BCUT2D eigenvalue weighted by Crippen LogP contribution is -2.55. The number of carbonyl (C=O) groups is 1. The van der Waals surface area contributed by atoms with Crippen molar-refractivity contribution in [3.05, 3.63) is 52.8 Å². The summed E-state index contributed by atoms with van der Waals surface area (Å²) in [6, 6.07) is 8.07. The van der Waals surface area contributed by atoms with Crippen LogP contribution in [0.5, 0.6) is 0 Å². The van der Waals surface area contributed by atoms with Crippen LogP contribution in [0.1, 0.15) is 67.9 Å². The zero-order valence-electron chi connectivity index (χ0n) is 20.8. The molecule has 2 aromatic heterocycles. The molecule has 190 valence electrons. The number of anilines is 1. The largest absolute Gasteiger partial charge is 0.355 e. The number of H-pyrrole nitrogens is 1. The second kappa shape index (κ2) is 10.0. The van der Waals surface area contributed by atoms with Gasteiger partial charge < -0.3 is 14.8 Å². The van der Waals surface area contributed by atoms with Gasteiger partial charge in [0.25, 0.3) is 5.91 Å². The minimum Gasteiger partial charge on any atom is -0.355 e. The highest BCUT2D eigenvalue weighted by Crippen LogP contribution is 2.30. The Labute approximate surface area is 211 Å². The molecule has 36 heavy (non-hydrogen) atoms. The van der Waals surface area contributed by atoms with Crippen molar-refractivity contribution >= 4 is 22.8 Å². The average Bonchev–Trinajstić information content (AvgIpc) is 3.29. The number of amides is 1. The number of nitrogens with one attached hydrogen (secondary N) is 1. The molecule has 5 heterocycles. The smallest absolute Gasteiger partial charge is 0.326 e. The topological polar surface area (TPSA) is 90.4 Å². The van der Waals surface area contributed by atoms with Crippen LogP contribution >= 0.6 is 0 Å². The van der Waals surface area contributed by atoms with Crippen molar-refractivity contribution in [3.63, 3.8) is 0 Å². The van der Waals surface area contributed by atoms with Gasteiger partial charge in [-0.2, -0.15) is 0 Å². The van der Waals surface area contributed by atoms with E-state index < -0.39 is 0 Å². The molecule has 3 fully saturated rings. The van der Waals surface area contributed by atoms with Crippen LogP contribution in [0.2, 0.25) is 0 Å². The molecule has 9 nitrogen and oxygen atoms in total. The van der Waals surface area contributed by atoms with Gasteiger partial charge in [-0.1, -0.05) is 12.1 Å². The van der Waals surface area contributed by atoms with Crippen LogP contribution in [-0.4, -0.2) is 74.1 Å². The summed E-state index contributed by atoms with van der Waals surface area (Å²) in [6.07, 6.45) is 12.0. The van der Waals surface area contributed by atoms with Gasteiger partial charge >= 0.3 is 5.69 Å². The average molecular weight is 490 g/mol. The van der Waals surface area contributed by atoms with Gasteiger partial charge in [-0.05, 0) is 63.5 Å². The summed E-state index contributed by atoms with van der Waals surface area (Å²) in [6.45, 7) is 4.44. The van der Waals surface area contributed by atoms with E-state index in [0.717, 1.165) is 94.5 Å². The van der Waals surface area contributed by atoms with E-state index in [0.29, 0.717) is 5.69 Å². The van der Waals surface area contributed by atoms with E-state index in [-0.39, 0.29) is 23.8 Å². The second-order valence-corrected chi connectivity index (χ2v) is 10.4. The maximum absolute atomic E-state index is 13.7. The van der Waals surface area contributed by atoms with Crippen LogP contribution in [-0.2, 0) is 0 Å². The number of likely N-dealkylation sites (tertiary alicyclic amines) is 2. The monoisotopic (exact) mass is 489 g/mol. The van der Waals surface area contributed by atoms with Crippen LogP contribution in [0.15, 0.2) is 41.5 Å². The Hall–Kier alpha value is -3.20. The minimum absolute atomic E-state index is 0.0129. The Bertz CT molecular complexity index is 1270. The summed E-state index contributed by atoms with van der Waals surface area (Å²) in [7, 11) is 0. The molecule has 1 amide bonds. The van der Waals surface area contributed by atoms with Crippen LogP contribution in [0.4, 0.5) is 5.82 Å². The Balaban J connectivity index is 1.16. The fraction of sp³-hybridized carbons (Fsp3) is 0.556. The summed E-state index contributed by atoms with van der Waals surface area (Å²) in [4.78, 5) is 45.2. The summed E-state index contributed by atoms with van der Waals surface area (Å²) in [5.74, 6) is 0.806. The number of benzene rings is 1. The van der Waals surface area contributed by atoms with Crippen molar-refractivity contribution in [1.29, 1.82) is 0 Å². The predicted molar refractivity (Wildman–Crippen MR) is 139 cm³/mol. The van der Waals surface area contributed by atoms with Gasteiger partial charge in [0.05, 0.1) is 29.6 Å². The number of hydrogen-bond acceptors (Lipinski definition) is 6. The molecule has 0 spiro atoms. The number of carbonyl (C=O) groups excluding carboxylic acids is 1. The minimum atomic E-state index is -0.0312. The standard InChI is InChI=1S/C27H35N7O2/c35-26(22-18-28-19-24(29-22)31-13-5-1-6-14-31)33-15-7-4-10-25(33)32-16-11-20(12-17-32)34-23-9-3-2-8-21(23)30-27(34)36/h2-3,8-9,18-20,25H,1,4-7,10-17H2,(H,30,36). The molecular weight excluding hydrogens is 454 g/mol. The molecule has 3 saturated heterocycles. The number of aromatic nitrogens is 4. The zero-order valence-corrected chi connectivity index (χ0v) is 20.8. The predicted octanol–water partition coefficient (Wildman–Crippen LogP) is 3.40. The summed E-state index contributed by atoms with van der Waals surface area (Å²) >= 11 is 0. The zero-order chi connectivity index (χ0) is 24.5. The van der Waals surface area contributed by atoms with Crippen molar-refractivity contribution in [2.24, 2.45) is 0 Å². The molecule has 9 heteroatoms. The van der Waals surface area contributed by atoms with Gasteiger partial charge in [-0.25, -0.2) is 9.78 Å². The summed E-state index contributed by atoms with van der Waals surface area (Å²) in [5.41, 5.74) is 2.28. The van der Waals surface area contributed by atoms with Crippen molar-refractivity contribution in [3.8, 4) is 0 Å². The first kappa shape index (κ1) is 23.2. The van der Waals surface area contributed by atoms with E-state index in [9.17, 15) is 9.59 Å². The molecule has 1 N–H and O–H groups in total. The molecule has 1 unspecified atom stereocenters. The van der Waals surface area contributed by atoms with E-state index >= 15 is 0 Å².